The van der Waals surface area contributed by atoms with E-state index in [2.05, 4.69) is 20.0 Å². The van der Waals surface area contributed by atoms with Gasteiger partial charge in [-0.25, -0.2) is 23.9 Å². The van der Waals surface area contributed by atoms with E-state index < -0.39 is 62.5 Å². The highest BCUT2D eigenvalue weighted by Gasteiger charge is 2.57. The SMILES string of the molecule is Cc1nc(N(C)C)c2ncn([C@@H]3O[C@](CCl)(CO[P@](=O)(N[C@H](C)C(=O)OC(C)C)Oc4cccc5ccccc45)[C@@H](O)[C@H]3F)c2n1. The number of benzene rings is 2. The molecule has 1 saturated heterocycles. The molecule has 4 aromatic rings. The Kier molecular flexibility index (Phi) is 9.88. The van der Waals surface area contributed by atoms with Crippen LogP contribution < -0.4 is 14.5 Å². The molecule has 0 amide bonds. The van der Waals surface area contributed by atoms with Crippen molar-refractivity contribution in [2.45, 2.75) is 63.9 Å². The molecule has 248 valence electrons. The van der Waals surface area contributed by atoms with Gasteiger partial charge in [0.15, 0.2) is 29.4 Å². The van der Waals surface area contributed by atoms with E-state index in [0.29, 0.717) is 22.5 Å². The summed E-state index contributed by atoms with van der Waals surface area (Å²) in [6, 6.07) is 11.3. The van der Waals surface area contributed by atoms with Gasteiger partial charge in [0.05, 0.1) is 24.9 Å². The fourth-order valence-electron chi connectivity index (χ4n) is 5.12. The van der Waals surface area contributed by atoms with Gasteiger partial charge in [-0.2, -0.15) is 5.09 Å². The lowest BCUT2D eigenvalue weighted by molar-refractivity contribution is -0.149. The Morgan fingerprint density at radius 3 is 2.63 bits per heavy atom. The molecule has 0 saturated carbocycles. The van der Waals surface area contributed by atoms with Crippen molar-refractivity contribution in [3.63, 3.8) is 0 Å². The lowest BCUT2D eigenvalue weighted by Gasteiger charge is -2.31. The summed E-state index contributed by atoms with van der Waals surface area (Å²) in [6.07, 6.45) is -4.34. The monoisotopic (exact) mass is 678 g/mol. The van der Waals surface area contributed by atoms with E-state index in [9.17, 15) is 14.5 Å². The fraction of sp³-hybridized carbons (Fsp3) is 0.467. The van der Waals surface area contributed by atoms with Crippen LogP contribution in [0, 0.1) is 6.92 Å². The Bertz CT molecular complexity index is 1770. The van der Waals surface area contributed by atoms with E-state index in [1.54, 1.807) is 64.0 Å². The summed E-state index contributed by atoms with van der Waals surface area (Å²) >= 11 is 6.33. The molecule has 3 heterocycles. The van der Waals surface area contributed by atoms with Crippen LogP contribution in [0.5, 0.6) is 5.75 Å². The number of aromatic nitrogens is 4. The van der Waals surface area contributed by atoms with E-state index in [1.165, 1.54) is 17.8 Å². The van der Waals surface area contributed by atoms with Crippen molar-refractivity contribution in [1.82, 2.24) is 24.6 Å². The van der Waals surface area contributed by atoms with E-state index >= 15 is 4.39 Å². The molecule has 46 heavy (non-hydrogen) atoms. The molecule has 2 aromatic heterocycles. The summed E-state index contributed by atoms with van der Waals surface area (Å²) < 4.78 is 54.8. The minimum Gasteiger partial charge on any atom is -0.462 e. The van der Waals surface area contributed by atoms with Crippen LogP contribution in [0.1, 0.15) is 32.8 Å². The normalized spacial score (nSPS) is 23.5. The zero-order chi connectivity index (χ0) is 33.4. The largest absolute Gasteiger partial charge is 0.462 e. The van der Waals surface area contributed by atoms with E-state index in [-0.39, 0.29) is 11.4 Å². The van der Waals surface area contributed by atoms with Gasteiger partial charge in [0.25, 0.3) is 0 Å². The number of hydrogen-bond acceptors (Lipinski definition) is 11. The number of halogens is 2. The fourth-order valence-corrected chi connectivity index (χ4v) is 6.98. The van der Waals surface area contributed by atoms with Gasteiger partial charge in [0.1, 0.15) is 29.3 Å². The van der Waals surface area contributed by atoms with Crippen molar-refractivity contribution in [2.24, 2.45) is 0 Å². The Morgan fingerprint density at radius 1 is 1.22 bits per heavy atom. The van der Waals surface area contributed by atoms with Crippen molar-refractivity contribution < 1.29 is 37.4 Å². The number of aryl methyl sites for hydroxylation is 1. The molecule has 2 aromatic carbocycles. The molecule has 1 aliphatic rings. The van der Waals surface area contributed by atoms with Gasteiger partial charge in [-0.1, -0.05) is 36.4 Å². The number of esters is 1. The van der Waals surface area contributed by atoms with Crippen molar-refractivity contribution >= 4 is 53.1 Å². The third-order valence-corrected chi connectivity index (χ3v) is 9.47. The summed E-state index contributed by atoms with van der Waals surface area (Å²) in [7, 11) is -0.882. The van der Waals surface area contributed by atoms with Crippen LogP contribution in [0.3, 0.4) is 0 Å². The molecule has 16 heteroatoms. The highest BCUT2D eigenvalue weighted by molar-refractivity contribution is 7.52. The summed E-state index contributed by atoms with van der Waals surface area (Å²) in [5.41, 5.74) is -1.21. The Hall–Kier alpha value is -3.39. The van der Waals surface area contributed by atoms with Crippen molar-refractivity contribution in [1.29, 1.82) is 0 Å². The van der Waals surface area contributed by atoms with Gasteiger partial charge in [-0.3, -0.25) is 13.9 Å². The molecule has 1 aliphatic heterocycles. The number of aliphatic hydroxyl groups excluding tert-OH is 1. The zero-order valence-corrected chi connectivity index (χ0v) is 27.9. The quantitative estimate of drug-likeness (QED) is 0.122. The van der Waals surface area contributed by atoms with Crippen LogP contribution in [-0.4, -0.2) is 87.2 Å². The second kappa shape index (κ2) is 13.4. The van der Waals surface area contributed by atoms with Crippen LogP contribution in [-0.2, 0) is 23.4 Å². The molecule has 0 aliphatic carbocycles. The third kappa shape index (κ3) is 6.69. The van der Waals surface area contributed by atoms with Crippen molar-refractivity contribution in [3.8, 4) is 5.75 Å². The number of fused-ring (bicyclic) bond motifs is 2. The lowest BCUT2D eigenvalue weighted by atomic mass is 9.99. The van der Waals surface area contributed by atoms with Crippen LogP contribution in [0.15, 0.2) is 48.8 Å². The van der Waals surface area contributed by atoms with Crippen LogP contribution in [0.25, 0.3) is 21.9 Å². The van der Waals surface area contributed by atoms with E-state index in [4.69, 9.17) is 30.1 Å². The first-order valence-electron chi connectivity index (χ1n) is 14.6. The minimum absolute atomic E-state index is 0.198. The molecule has 6 atom stereocenters. The maximum atomic E-state index is 15.9. The number of nitrogens with one attached hydrogen (secondary N) is 1. The van der Waals surface area contributed by atoms with Gasteiger partial charge >= 0.3 is 13.7 Å². The summed E-state index contributed by atoms with van der Waals surface area (Å²) in [6.45, 7) is 5.81. The maximum absolute atomic E-state index is 15.9. The van der Waals surface area contributed by atoms with Crippen LogP contribution in [0.4, 0.5) is 10.2 Å². The number of rotatable bonds is 12. The molecule has 2 N–H and O–H groups in total. The third-order valence-electron chi connectivity index (χ3n) is 7.41. The van der Waals surface area contributed by atoms with Crippen molar-refractivity contribution in [3.05, 3.63) is 54.6 Å². The van der Waals surface area contributed by atoms with Crippen LogP contribution in [0.2, 0.25) is 0 Å². The predicted octanol–water partition coefficient (Wildman–Crippen LogP) is 4.69. The maximum Gasteiger partial charge on any atom is 0.459 e. The summed E-state index contributed by atoms with van der Waals surface area (Å²) in [5, 5.41) is 15.2. The Morgan fingerprint density at radius 2 is 1.93 bits per heavy atom. The Balaban J connectivity index is 1.46. The minimum atomic E-state index is -4.46. The number of carbonyl (C=O) groups is 1. The average Bonchev–Trinajstić information content (AvgIpc) is 3.53. The number of alkyl halides is 2. The molecule has 0 unspecified atom stereocenters. The first-order valence-corrected chi connectivity index (χ1v) is 16.7. The highest BCUT2D eigenvalue weighted by Crippen LogP contribution is 2.50. The molecular formula is C30H37ClFN6O7P. The van der Waals surface area contributed by atoms with Gasteiger partial charge in [0.2, 0.25) is 0 Å². The standard InChI is InChI=1S/C30H37ClFN6O7P/c1-17(2)43-29(40)18(3)36-46(41,45-22-13-9-11-20-10-7-8-12-21(20)22)42-15-30(14-31)25(39)23(32)28(44-30)38-16-33-24-26(37(5)6)34-19(4)35-27(24)38/h7-13,16-18,23,25,28,39H,14-15H2,1-6H3,(H,36,41)/t18-,23-,25+,28-,30-,46-/m1/s1. The molecule has 0 spiro atoms. The first-order chi connectivity index (χ1) is 21.8. The number of ether oxygens (including phenoxy) is 2. The number of imidazole rings is 1. The number of anilines is 1. The second-order valence-corrected chi connectivity index (χ2v) is 13.5. The smallest absolute Gasteiger partial charge is 0.459 e. The van der Waals surface area contributed by atoms with Gasteiger partial charge < -0.3 is 24.0 Å². The predicted molar refractivity (Wildman–Crippen MR) is 171 cm³/mol. The molecule has 5 rings (SSSR count). The number of carbonyl (C=O) groups excluding carboxylic acids is 1. The molecule has 1 fully saturated rings. The van der Waals surface area contributed by atoms with Gasteiger partial charge in [0, 0.05) is 19.5 Å². The number of aliphatic hydroxyl groups is 1. The Labute approximate surface area is 270 Å². The topological polar surface area (TPSA) is 150 Å². The first kappa shape index (κ1) is 34.0. The van der Waals surface area contributed by atoms with Crippen molar-refractivity contribution in [2.75, 3.05) is 31.5 Å². The lowest BCUT2D eigenvalue weighted by Crippen LogP contribution is -2.48. The van der Waals surface area contributed by atoms with E-state index in [1.807, 2.05) is 18.2 Å². The average molecular weight is 679 g/mol. The van der Waals surface area contributed by atoms with Gasteiger partial charge in [-0.05, 0) is 39.1 Å². The van der Waals surface area contributed by atoms with Crippen LogP contribution >= 0.6 is 19.3 Å². The highest BCUT2D eigenvalue weighted by atomic mass is 35.5. The summed E-state index contributed by atoms with van der Waals surface area (Å²) in [5.74, 6) is -0.0151. The molecule has 0 bridgehead atoms. The number of hydrogen-bond donors (Lipinski definition) is 2. The number of nitrogens with zero attached hydrogens (tertiary/aromatic N) is 5. The van der Waals surface area contributed by atoms with Gasteiger partial charge in [-0.15, -0.1) is 11.6 Å². The zero-order valence-electron chi connectivity index (χ0n) is 26.3. The molecule has 13 nitrogen and oxygen atoms in total. The summed E-state index contributed by atoms with van der Waals surface area (Å²) in [4.78, 5) is 27.6. The second-order valence-electron chi connectivity index (χ2n) is 11.6. The van der Waals surface area contributed by atoms with E-state index in [0.717, 1.165) is 5.39 Å². The molecule has 0 radical (unpaired) electrons. The molecular weight excluding hydrogens is 642 g/mol.